The highest BCUT2D eigenvalue weighted by Crippen LogP contribution is 2.09. The molecule has 0 amide bonds. The molecule has 1 N–H and O–H groups in total. The van der Waals surface area contributed by atoms with Crippen LogP contribution in [0.3, 0.4) is 0 Å². The minimum atomic E-state index is 0.297. The quantitative estimate of drug-likeness (QED) is 0.751. The molecule has 0 saturated carbocycles. The summed E-state index contributed by atoms with van der Waals surface area (Å²) in [6.07, 6.45) is 2.14. The van der Waals surface area contributed by atoms with Crippen molar-refractivity contribution in [2.24, 2.45) is 5.92 Å². The van der Waals surface area contributed by atoms with Crippen molar-refractivity contribution in [2.45, 2.75) is 26.7 Å². The third-order valence-electron chi connectivity index (χ3n) is 2.36. The van der Waals surface area contributed by atoms with Crippen molar-refractivity contribution in [1.82, 2.24) is 0 Å². The van der Waals surface area contributed by atoms with Crippen LogP contribution in [0.5, 0.6) is 0 Å². The van der Waals surface area contributed by atoms with Crippen LogP contribution in [0.4, 0.5) is 0 Å². The van der Waals surface area contributed by atoms with Crippen LogP contribution in [0.2, 0.25) is 0 Å². The number of aliphatic hydroxyl groups is 1. The summed E-state index contributed by atoms with van der Waals surface area (Å²) in [5.74, 6) is 0.418. The molecule has 0 unspecified atom stereocenters. The monoisotopic (exact) mass is 178 g/mol. The van der Waals surface area contributed by atoms with E-state index >= 15 is 0 Å². The normalized spacial score (nSPS) is 12.8. The largest absolute Gasteiger partial charge is 0.396 e. The molecule has 1 aromatic carbocycles. The molecule has 13 heavy (non-hydrogen) atoms. The number of hydrogen-bond donors (Lipinski definition) is 1. The molecule has 0 aliphatic heterocycles. The van der Waals surface area contributed by atoms with Gasteiger partial charge in [-0.3, -0.25) is 0 Å². The number of benzene rings is 1. The highest BCUT2D eigenvalue weighted by molar-refractivity contribution is 5.21. The van der Waals surface area contributed by atoms with Crippen LogP contribution in [0.1, 0.15) is 24.5 Å². The van der Waals surface area contributed by atoms with E-state index in [1.165, 1.54) is 11.1 Å². The Kier molecular flexibility index (Phi) is 3.97. The van der Waals surface area contributed by atoms with Crippen LogP contribution < -0.4 is 0 Å². The van der Waals surface area contributed by atoms with Gasteiger partial charge in [0.15, 0.2) is 0 Å². The lowest BCUT2D eigenvalue weighted by molar-refractivity contribution is 0.230. The zero-order valence-corrected chi connectivity index (χ0v) is 8.46. The Morgan fingerprint density at radius 1 is 1.23 bits per heavy atom. The van der Waals surface area contributed by atoms with Crippen molar-refractivity contribution in [1.29, 1.82) is 0 Å². The standard InChI is InChI=1S/C12H18O/c1-10-3-6-12(7-4-10)8-5-11(2)9-13/h3-4,6-7,11,13H,5,8-9H2,1-2H3/t11-/m1/s1. The Bertz CT molecular complexity index is 238. The third kappa shape index (κ3) is 3.60. The minimum Gasteiger partial charge on any atom is -0.396 e. The first-order chi connectivity index (χ1) is 6.22. The molecule has 0 radical (unpaired) electrons. The van der Waals surface area contributed by atoms with Crippen LogP contribution in [0.15, 0.2) is 24.3 Å². The zero-order chi connectivity index (χ0) is 9.68. The van der Waals surface area contributed by atoms with Crippen LogP contribution >= 0.6 is 0 Å². The summed E-state index contributed by atoms with van der Waals surface area (Å²) in [4.78, 5) is 0. The first-order valence-electron chi connectivity index (χ1n) is 4.88. The fraction of sp³-hybridized carbons (Fsp3) is 0.500. The van der Waals surface area contributed by atoms with E-state index in [0.29, 0.717) is 12.5 Å². The maximum Gasteiger partial charge on any atom is 0.0456 e. The second kappa shape index (κ2) is 5.03. The fourth-order valence-corrected chi connectivity index (χ4v) is 1.26. The second-order valence-electron chi connectivity index (χ2n) is 3.81. The van der Waals surface area contributed by atoms with Gasteiger partial charge in [0.25, 0.3) is 0 Å². The van der Waals surface area contributed by atoms with Gasteiger partial charge in [0.2, 0.25) is 0 Å². The van der Waals surface area contributed by atoms with Gasteiger partial charge >= 0.3 is 0 Å². The van der Waals surface area contributed by atoms with Crippen molar-refractivity contribution in [3.8, 4) is 0 Å². The minimum absolute atomic E-state index is 0.297. The van der Waals surface area contributed by atoms with Crippen molar-refractivity contribution in [3.05, 3.63) is 35.4 Å². The Morgan fingerprint density at radius 2 is 1.85 bits per heavy atom. The molecule has 0 aliphatic carbocycles. The molecular formula is C12H18O. The van der Waals surface area contributed by atoms with Crippen molar-refractivity contribution >= 4 is 0 Å². The SMILES string of the molecule is Cc1ccc(CC[C@@H](C)CO)cc1. The van der Waals surface area contributed by atoms with Gasteiger partial charge in [0, 0.05) is 6.61 Å². The average Bonchev–Trinajstić information content (AvgIpc) is 2.16. The van der Waals surface area contributed by atoms with Crippen molar-refractivity contribution in [2.75, 3.05) is 6.61 Å². The van der Waals surface area contributed by atoms with Gasteiger partial charge < -0.3 is 5.11 Å². The smallest absolute Gasteiger partial charge is 0.0456 e. The van der Waals surface area contributed by atoms with Gasteiger partial charge in [0.05, 0.1) is 0 Å². The third-order valence-corrected chi connectivity index (χ3v) is 2.36. The van der Waals surface area contributed by atoms with Gasteiger partial charge in [-0.25, -0.2) is 0 Å². The van der Waals surface area contributed by atoms with Gasteiger partial charge in [-0.1, -0.05) is 36.8 Å². The van der Waals surface area contributed by atoms with Crippen LogP contribution in [0, 0.1) is 12.8 Å². The van der Waals surface area contributed by atoms with Crippen LogP contribution in [-0.4, -0.2) is 11.7 Å². The van der Waals surface area contributed by atoms with E-state index < -0.39 is 0 Å². The van der Waals surface area contributed by atoms with E-state index in [1.54, 1.807) is 0 Å². The topological polar surface area (TPSA) is 20.2 Å². The van der Waals surface area contributed by atoms with E-state index in [2.05, 4.69) is 38.1 Å². The van der Waals surface area contributed by atoms with Crippen molar-refractivity contribution < 1.29 is 5.11 Å². The summed E-state index contributed by atoms with van der Waals surface area (Å²) < 4.78 is 0. The van der Waals surface area contributed by atoms with E-state index in [4.69, 9.17) is 5.11 Å². The number of aryl methyl sites for hydroxylation is 2. The number of aliphatic hydroxyl groups excluding tert-OH is 1. The summed E-state index contributed by atoms with van der Waals surface area (Å²) in [6, 6.07) is 8.61. The molecule has 1 aromatic rings. The number of hydrogen-bond acceptors (Lipinski definition) is 1. The first-order valence-corrected chi connectivity index (χ1v) is 4.88. The Balaban J connectivity index is 2.41. The summed E-state index contributed by atoms with van der Waals surface area (Å²) >= 11 is 0. The molecule has 0 bridgehead atoms. The maximum atomic E-state index is 8.86. The molecule has 0 aromatic heterocycles. The zero-order valence-electron chi connectivity index (χ0n) is 8.46. The molecule has 0 heterocycles. The van der Waals surface area contributed by atoms with Gasteiger partial charge in [0.1, 0.15) is 0 Å². The summed E-state index contributed by atoms with van der Waals surface area (Å²) in [5.41, 5.74) is 2.67. The van der Waals surface area contributed by atoms with E-state index in [0.717, 1.165) is 12.8 Å². The molecule has 1 heteroatoms. The Hall–Kier alpha value is -0.820. The van der Waals surface area contributed by atoms with E-state index in [-0.39, 0.29) is 0 Å². The van der Waals surface area contributed by atoms with Crippen LogP contribution in [-0.2, 0) is 6.42 Å². The second-order valence-corrected chi connectivity index (χ2v) is 3.81. The molecular weight excluding hydrogens is 160 g/mol. The summed E-state index contributed by atoms with van der Waals surface area (Å²) in [7, 11) is 0. The molecule has 1 atom stereocenters. The molecule has 1 rings (SSSR count). The molecule has 1 nitrogen and oxygen atoms in total. The summed E-state index contributed by atoms with van der Waals surface area (Å²) in [6.45, 7) is 4.47. The molecule has 0 saturated heterocycles. The first kappa shape index (κ1) is 10.3. The van der Waals surface area contributed by atoms with E-state index in [9.17, 15) is 0 Å². The lowest BCUT2D eigenvalue weighted by atomic mass is 10.0. The predicted octanol–water partition coefficient (Wildman–Crippen LogP) is 2.56. The highest BCUT2D eigenvalue weighted by atomic mass is 16.3. The average molecular weight is 178 g/mol. The molecule has 0 spiro atoms. The molecule has 72 valence electrons. The lowest BCUT2D eigenvalue weighted by Crippen LogP contribution is -2.01. The lowest BCUT2D eigenvalue weighted by Gasteiger charge is -2.07. The van der Waals surface area contributed by atoms with Gasteiger partial charge in [-0.05, 0) is 31.2 Å². The maximum absolute atomic E-state index is 8.86. The van der Waals surface area contributed by atoms with Gasteiger partial charge in [-0.15, -0.1) is 0 Å². The van der Waals surface area contributed by atoms with Crippen molar-refractivity contribution in [3.63, 3.8) is 0 Å². The van der Waals surface area contributed by atoms with E-state index in [1.807, 2.05) is 0 Å². The Morgan fingerprint density at radius 3 is 2.38 bits per heavy atom. The highest BCUT2D eigenvalue weighted by Gasteiger charge is 2.00. The molecule has 0 aliphatic rings. The fourth-order valence-electron chi connectivity index (χ4n) is 1.26. The molecule has 0 fully saturated rings. The Labute approximate surface area is 80.4 Å². The summed E-state index contributed by atoms with van der Waals surface area (Å²) in [5, 5.41) is 8.86. The van der Waals surface area contributed by atoms with Gasteiger partial charge in [-0.2, -0.15) is 0 Å². The predicted molar refractivity (Wildman–Crippen MR) is 55.7 cm³/mol. The number of rotatable bonds is 4. The van der Waals surface area contributed by atoms with Crippen LogP contribution in [0.25, 0.3) is 0 Å².